The van der Waals surface area contributed by atoms with Gasteiger partial charge in [-0.15, -0.1) is 20.2 Å². The second-order valence-corrected chi connectivity index (χ2v) is 8.15. The lowest BCUT2D eigenvalue weighted by molar-refractivity contribution is -0.757. The molecule has 1 unspecified atom stereocenters. The van der Waals surface area contributed by atoms with Gasteiger partial charge in [-0.1, -0.05) is 36.4 Å². The van der Waals surface area contributed by atoms with Crippen molar-refractivity contribution in [2.24, 2.45) is 5.92 Å². The zero-order chi connectivity index (χ0) is 24.9. The Balaban J connectivity index is 2.05. The van der Waals surface area contributed by atoms with Gasteiger partial charge in [-0.25, -0.2) is 0 Å². The molecule has 2 aromatic carbocycles. The zero-order valence-electron chi connectivity index (χ0n) is 19.5. The average molecular weight is 478 g/mol. The molecule has 186 valence electrons. The fourth-order valence-electron chi connectivity index (χ4n) is 3.65. The minimum atomic E-state index is -0.877. The summed E-state index contributed by atoms with van der Waals surface area (Å²) >= 11 is 0. The standard InChI is InChI=1S/C23H31N3O8/c1-18(2)24(23(27)13-7-15-34-26(30)31)16-19(8-6-14-33-25(28)29)17-32-22-12-5-10-20-9-3-4-11-21(20)22/h3-5,9-12,18-19H,6-8,13-17H2,1-2H3. The molecule has 0 heterocycles. The summed E-state index contributed by atoms with van der Waals surface area (Å²) in [7, 11) is 0. The molecule has 0 aliphatic carbocycles. The van der Waals surface area contributed by atoms with Gasteiger partial charge in [-0.3, -0.25) is 4.79 Å². The first-order valence-electron chi connectivity index (χ1n) is 11.2. The van der Waals surface area contributed by atoms with E-state index >= 15 is 0 Å². The Bertz CT molecular complexity index is 947. The molecule has 0 aliphatic rings. The zero-order valence-corrected chi connectivity index (χ0v) is 19.5. The van der Waals surface area contributed by atoms with E-state index in [1.165, 1.54) is 0 Å². The second-order valence-electron chi connectivity index (χ2n) is 8.15. The van der Waals surface area contributed by atoms with E-state index < -0.39 is 10.2 Å². The Morgan fingerprint density at radius 3 is 2.29 bits per heavy atom. The summed E-state index contributed by atoms with van der Waals surface area (Å²) in [5.74, 6) is 0.485. The van der Waals surface area contributed by atoms with Crippen LogP contribution in [0, 0.1) is 26.1 Å². The van der Waals surface area contributed by atoms with E-state index in [-0.39, 0.29) is 43.9 Å². The fraction of sp³-hybridized carbons (Fsp3) is 0.522. The van der Waals surface area contributed by atoms with Crippen LogP contribution < -0.4 is 4.74 Å². The lowest BCUT2D eigenvalue weighted by Gasteiger charge is -2.31. The Hall–Kier alpha value is -3.63. The van der Waals surface area contributed by atoms with E-state index in [2.05, 4.69) is 9.68 Å². The Labute approximate surface area is 197 Å². The number of rotatable bonds is 16. The topological polar surface area (TPSA) is 134 Å². The maximum absolute atomic E-state index is 12.8. The molecule has 0 saturated heterocycles. The highest BCUT2D eigenvalue weighted by atomic mass is 17.0. The predicted molar refractivity (Wildman–Crippen MR) is 124 cm³/mol. The van der Waals surface area contributed by atoms with Crippen molar-refractivity contribution in [2.75, 3.05) is 26.4 Å². The summed E-state index contributed by atoms with van der Waals surface area (Å²) in [5, 5.41) is 21.1. The molecule has 0 bridgehead atoms. The summed E-state index contributed by atoms with van der Waals surface area (Å²) in [6, 6.07) is 13.6. The molecule has 0 fully saturated rings. The maximum atomic E-state index is 12.8. The summed E-state index contributed by atoms with van der Waals surface area (Å²) in [5.41, 5.74) is 0. The summed E-state index contributed by atoms with van der Waals surface area (Å²) in [6.45, 7) is 4.30. The lowest BCUT2D eigenvalue weighted by atomic mass is 10.0. The normalized spacial score (nSPS) is 11.7. The van der Waals surface area contributed by atoms with Crippen LogP contribution in [0.4, 0.5) is 0 Å². The van der Waals surface area contributed by atoms with E-state index in [1.54, 1.807) is 4.90 Å². The van der Waals surface area contributed by atoms with Gasteiger partial charge in [0.05, 0.1) is 19.8 Å². The SMILES string of the molecule is CC(C)N(CC(CCCO[N+](=O)[O-])COc1cccc2ccccc12)C(=O)CCCO[N+](=O)[O-]. The summed E-state index contributed by atoms with van der Waals surface area (Å²) in [4.78, 5) is 43.9. The van der Waals surface area contributed by atoms with Crippen LogP contribution in [0.1, 0.15) is 39.5 Å². The van der Waals surface area contributed by atoms with Crippen molar-refractivity contribution in [3.63, 3.8) is 0 Å². The highest BCUT2D eigenvalue weighted by Gasteiger charge is 2.22. The molecular weight excluding hydrogens is 446 g/mol. The van der Waals surface area contributed by atoms with Crippen molar-refractivity contribution in [3.8, 4) is 5.75 Å². The number of hydrogen-bond donors (Lipinski definition) is 0. The van der Waals surface area contributed by atoms with Gasteiger partial charge in [-0.05, 0) is 44.6 Å². The van der Waals surface area contributed by atoms with Crippen molar-refractivity contribution in [1.29, 1.82) is 0 Å². The average Bonchev–Trinajstić information content (AvgIpc) is 2.80. The van der Waals surface area contributed by atoms with E-state index in [0.717, 1.165) is 16.5 Å². The summed E-state index contributed by atoms with van der Waals surface area (Å²) in [6.07, 6.45) is 1.34. The number of nitrogens with zero attached hydrogens (tertiary/aromatic N) is 3. The monoisotopic (exact) mass is 477 g/mol. The Morgan fingerprint density at radius 2 is 1.62 bits per heavy atom. The molecule has 0 saturated carbocycles. The third-order valence-electron chi connectivity index (χ3n) is 5.31. The van der Waals surface area contributed by atoms with Crippen LogP contribution >= 0.6 is 0 Å². The van der Waals surface area contributed by atoms with Crippen LogP contribution in [-0.2, 0) is 14.5 Å². The third kappa shape index (κ3) is 9.08. The minimum absolute atomic E-state index is 0.0361. The van der Waals surface area contributed by atoms with Gasteiger partial charge < -0.3 is 19.3 Å². The number of carbonyl (C=O) groups is 1. The maximum Gasteiger partial charge on any atom is 0.294 e. The largest absolute Gasteiger partial charge is 0.493 e. The van der Waals surface area contributed by atoms with E-state index in [4.69, 9.17) is 4.74 Å². The molecule has 0 aromatic heterocycles. The number of benzene rings is 2. The van der Waals surface area contributed by atoms with Crippen LogP contribution in [0.25, 0.3) is 10.8 Å². The second kappa shape index (κ2) is 13.8. The van der Waals surface area contributed by atoms with Gasteiger partial charge in [0.15, 0.2) is 0 Å². The highest BCUT2D eigenvalue weighted by molar-refractivity contribution is 5.88. The Kier molecular flexibility index (Phi) is 10.8. The van der Waals surface area contributed by atoms with Gasteiger partial charge in [0.2, 0.25) is 5.91 Å². The van der Waals surface area contributed by atoms with Gasteiger partial charge >= 0.3 is 0 Å². The van der Waals surface area contributed by atoms with Crippen molar-refractivity contribution in [1.82, 2.24) is 4.90 Å². The van der Waals surface area contributed by atoms with Crippen LogP contribution in [-0.4, -0.2) is 53.4 Å². The van der Waals surface area contributed by atoms with Crippen LogP contribution in [0.15, 0.2) is 42.5 Å². The number of ether oxygens (including phenoxy) is 1. The van der Waals surface area contributed by atoms with Crippen molar-refractivity contribution in [3.05, 3.63) is 62.7 Å². The number of amides is 1. The molecule has 11 nitrogen and oxygen atoms in total. The smallest absolute Gasteiger partial charge is 0.294 e. The number of carbonyl (C=O) groups excluding carboxylic acids is 1. The predicted octanol–water partition coefficient (Wildman–Crippen LogP) is 4.05. The first-order valence-corrected chi connectivity index (χ1v) is 11.2. The molecule has 1 amide bonds. The van der Waals surface area contributed by atoms with E-state index in [9.17, 15) is 25.0 Å². The van der Waals surface area contributed by atoms with Gasteiger partial charge in [0, 0.05) is 30.3 Å². The van der Waals surface area contributed by atoms with Gasteiger partial charge in [0.1, 0.15) is 5.75 Å². The molecule has 2 aromatic rings. The molecule has 0 spiro atoms. The van der Waals surface area contributed by atoms with Gasteiger partial charge in [0.25, 0.3) is 10.2 Å². The van der Waals surface area contributed by atoms with Crippen molar-refractivity contribution in [2.45, 2.75) is 45.6 Å². The lowest BCUT2D eigenvalue weighted by Crippen LogP contribution is -2.41. The highest BCUT2D eigenvalue weighted by Crippen LogP contribution is 2.26. The van der Waals surface area contributed by atoms with Crippen molar-refractivity contribution >= 4 is 16.7 Å². The Morgan fingerprint density at radius 1 is 0.971 bits per heavy atom. The first kappa shape index (κ1) is 26.6. The molecule has 2 rings (SSSR count). The fourth-order valence-corrected chi connectivity index (χ4v) is 3.65. The quantitative estimate of drug-likeness (QED) is 0.201. The molecule has 0 aliphatic heterocycles. The number of fused-ring (bicyclic) bond motifs is 1. The molecule has 1 atom stereocenters. The third-order valence-corrected chi connectivity index (χ3v) is 5.31. The van der Waals surface area contributed by atoms with Crippen LogP contribution in [0.2, 0.25) is 0 Å². The first-order chi connectivity index (χ1) is 16.3. The van der Waals surface area contributed by atoms with Crippen LogP contribution in [0.5, 0.6) is 5.75 Å². The minimum Gasteiger partial charge on any atom is -0.493 e. The van der Waals surface area contributed by atoms with E-state index in [1.807, 2.05) is 56.3 Å². The summed E-state index contributed by atoms with van der Waals surface area (Å²) < 4.78 is 6.14. The number of hydrogen-bond acceptors (Lipinski definition) is 8. The molecular formula is C23H31N3O8. The van der Waals surface area contributed by atoms with Crippen LogP contribution in [0.3, 0.4) is 0 Å². The molecule has 34 heavy (non-hydrogen) atoms. The van der Waals surface area contributed by atoms with Crippen molar-refractivity contribution < 1.29 is 29.4 Å². The molecule has 0 radical (unpaired) electrons. The molecule has 0 N–H and O–H groups in total. The molecule has 11 heteroatoms. The van der Waals surface area contributed by atoms with E-state index in [0.29, 0.717) is 26.0 Å². The van der Waals surface area contributed by atoms with Gasteiger partial charge in [-0.2, -0.15) is 0 Å².